The Morgan fingerprint density at radius 1 is 1.42 bits per heavy atom. The minimum Gasteiger partial charge on any atom is -0.450 e. The first-order chi connectivity index (χ1) is 11.2. The van der Waals surface area contributed by atoms with E-state index in [1.807, 2.05) is 0 Å². The number of nitriles is 1. The standard InChI is InChI=1S/C14H10ClF4N3O2/c15-9-6(5-20)1-2-7(10(9)16)21-13-22-4-3-8(23)11(22)12(24-13)14(17,18)19/h1-2,8,11-12,23H,3-4H2/t8-,11+,12-/m1/s1. The van der Waals surface area contributed by atoms with E-state index < -0.39 is 41.3 Å². The lowest BCUT2D eigenvalue weighted by atomic mass is 10.1. The molecule has 2 fully saturated rings. The van der Waals surface area contributed by atoms with E-state index in [4.69, 9.17) is 21.6 Å². The van der Waals surface area contributed by atoms with Crippen LogP contribution in [0.15, 0.2) is 17.1 Å². The Balaban J connectivity index is 2.00. The lowest BCUT2D eigenvalue weighted by Gasteiger charge is -2.21. The van der Waals surface area contributed by atoms with Crippen LogP contribution < -0.4 is 0 Å². The lowest BCUT2D eigenvalue weighted by Crippen LogP contribution is -2.45. The zero-order valence-corrected chi connectivity index (χ0v) is 12.6. The van der Waals surface area contributed by atoms with E-state index in [-0.39, 0.29) is 24.2 Å². The van der Waals surface area contributed by atoms with Gasteiger partial charge in [-0.1, -0.05) is 11.6 Å². The molecule has 0 saturated carbocycles. The minimum absolute atomic E-state index is 0.100. The van der Waals surface area contributed by atoms with Crippen molar-refractivity contribution in [3.05, 3.63) is 28.5 Å². The summed E-state index contributed by atoms with van der Waals surface area (Å²) in [6, 6.07) is 2.26. The summed E-state index contributed by atoms with van der Waals surface area (Å²) in [5, 5.41) is 18.1. The van der Waals surface area contributed by atoms with Gasteiger partial charge in [0.05, 0.1) is 16.7 Å². The summed E-state index contributed by atoms with van der Waals surface area (Å²) < 4.78 is 58.2. The van der Waals surface area contributed by atoms with Crippen molar-refractivity contribution in [2.24, 2.45) is 4.99 Å². The molecule has 3 atom stereocenters. The van der Waals surface area contributed by atoms with Crippen LogP contribution in [0.3, 0.4) is 0 Å². The number of hydrogen-bond donors (Lipinski definition) is 1. The molecule has 128 valence electrons. The van der Waals surface area contributed by atoms with E-state index in [0.717, 1.165) is 11.0 Å². The fourth-order valence-corrected chi connectivity index (χ4v) is 3.01. The number of aliphatic imine (C=N–C) groups is 1. The van der Waals surface area contributed by atoms with Crippen molar-refractivity contribution in [3.63, 3.8) is 0 Å². The van der Waals surface area contributed by atoms with Crippen molar-refractivity contribution < 1.29 is 27.4 Å². The maximum atomic E-state index is 14.1. The number of halogens is 5. The van der Waals surface area contributed by atoms with Gasteiger partial charge in [0.15, 0.2) is 5.82 Å². The van der Waals surface area contributed by atoms with Gasteiger partial charge in [-0.2, -0.15) is 23.4 Å². The monoisotopic (exact) mass is 363 g/mol. The number of alkyl halides is 3. The van der Waals surface area contributed by atoms with Crippen LogP contribution in [0.25, 0.3) is 0 Å². The van der Waals surface area contributed by atoms with Gasteiger partial charge in [-0.05, 0) is 18.6 Å². The number of fused-ring (bicyclic) bond motifs is 1. The normalized spacial score (nSPS) is 28.0. The minimum atomic E-state index is -4.70. The molecule has 1 N–H and O–H groups in total. The average Bonchev–Trinajstić information content (AvgIpc) is 3.06. The molecular formula is C14H10ClF4N3O2. The lowest BCUT2D eigenvalue weighted by molar-refractivity contribution is -0.203. The second-order valence-corrected chi connectivity index (χ2v) is 5.76. The fourth-order valence-electron chi connectivity index (χ4n) is 2.80. The molecule has 0 unspecified atom stereocenters. The summed E-state index contributed by atoms with van der Waals surface area (Å²) in [4.78, 5) is 4.94. The first kappa shape index (κ1) is 16.8. The Bertz CT molecular complexity index is 747. The summed E-state index contributed by atoms with van der Waals surface area (Å²) in [6.45, 7) is 0.100. The van der Waals surface area contributed by atoms with Crippen molar-refractivity contribution in [2.75, 3.05) is 6.54 Å². The van der Waals surface area contributed by atoms with Crippen molar-refractivity contribution in [3.8, 4) is 6.07 Å². The van der Waals surface area contributed by atoms with E-state index in [9.17, 15) is 22.7 Å². The number of amidine groups is 1. The average molecular weight is 364 g/mol. The van der Waals surface area contributed by atoms with Crippen LogP contribution in [0, 0.1) is 17.1 Å². The first-order valence-electron chi connectivity index (χ1n) is 6.89. The van der Waals surface area contributed by atoms with Gasteiger partial charge in [0, 0.05) is 6.54 Å². The van der Waals surface area contributed by atoms with Crippen LogP contribution in [0.4, 0.5) is 23.2 Å². The Morgan fingerprint density at radius 3 is 2.75 bits per heavy atom. The predicted molar refractivity (Wildman–Crippen MR) is 75.3 cm³/mol. The van der Waals surface area contributed by atoms with Crippen LogP contribution in [-0.2, 0) is 4.74 Å². The van der Waals surface area contributed by atoms with Gasteiger partial charge in [-0.15, -0.1) is 0 Å². The second kappa shape index (κ2) is 5.79. The summed E-state index contributed by atoms with van der Waals surface area (Å²) in [6.07, 6.45) is -8.05. The van der Waals surface area contributed by atoms with Gasteiger partial charge in [0.2, 0.25) is 6.10 Å². The number of aliphatic hydroxyl groups is 1. The Kier molecular flexibility index (Phi) is 4.05. The predicted octanol–water partition coefficient (Wildman–Crippen LogP) is 2.73. The van der Waals surface area contributed by atoms with Crippen LogP contribution in [0.5, 0.6) is 0 Å². The van der Waals surface area contributed by atoms with Crippen LogP contribution in [0.1, 0.15) is 12.0 Å². The van der Waals surface area contributed by atoms with Crippen LogP contribution in [-0.4, -0.2) is 47.0 Å². The number of rotatable bonds is 1. The highest BCUT2D eigenvalue weighted by Crippen LogP contribution is 2.39. The van der Waals surface area contributed by atoms with Crippen LogP contribution in [0.2, 0.25) is 5.02 Å². The topological polar surface area (TPSA) is 68.8 Å². The number of benzene rings is 1. The SMILES string of the molecule is N#Cc1ccc(N=C2O[C@@H](C(F)(F)F)[C@@H]3[C@H](O)CCN23)c(F)c1Cl. The number of ether oxygens (including phenoxy) is 1. The van der Waals surface area contributed by atoms with Crippen molar-refractivity contribution >= 4 is 23.3 Å². The molecule has 2 saturated heterocycles. The number of nitrogens with zero attached hydrogens (tertiary/aromatic N) is 3. The number of aliphatic hydroxyl groups excluding tert-OH is 1. The molecule has 2 heterocycles. The van der Waals surface area contributed by atoms with E-state index in [0.29, 0.717) is 0 Å². The highest BCUT2D eigenvalue weighted by Gasteiger charge is 2.59. The molecule has 0 radical (unpaired) electrons. The molecule has 0 aromatic heterocycles. The molecule has 0 aliphatic carbocycles. The summed E-state index contributed by atoms with van der Waals surface area (Å²) in [5.74, 6) is -1.03. The van der Waals surface area contributed by atoms with E-state index in [2.05, 4.69) is 4.99 Å². The maximum absolute atomic E-state index is 14.1. The highest BCUT2D eigenvalue weighted by atomic mass is 35.5. The molecule has 0 bridgehead atoms. The molecule has 2 aliphatic rings. The summed E-state index contributed by atoms with van der Waals surface area (Å²) in [5.41, 5.74) is -0.468. The van der Waals surface area contributed by atoms with Gasteiger partial charge in [-0.3, -0.25) is 0 Å². The Morgan fingerprint density at radius 2 is 2.12 bits per heavy atom. The molecule has 1 aromatic carbocycles. The molecule has 2 aliphatic heterocycles. The third-order valence-corrected chi connectivity index (χ3v) is 4.30. The van der Waals surface area contributed by atoms with Gasteiger partial charge in [0.1, 0.15) is 17.8 Å². The molecule has 5 nitrogen and oxygen atoms in total. The molecular weight excluding hydrogens is 354 g/mol. The van der Waals surface area contributed by atoms with Gasteiger partial charge in [-0.25, -0.2) is 4.39 Å². The van der Waals surface area contributed by atoms with Gasteiger partial charge >= 0.3 is 6.18 Å². The van der Waals surface area contributed by atoms with Crippen molar-refractivity contribution in [1.82, 2.24) is 4.90 Å². The quantitative estimate of drug-likeness (QED) is 0.779. The molecule has 0 spiro atoms. The van der Waals surface area contributed by atoms with Gasteiger partial charge < -0.3 is 14.7 Å². The van der Waals surface area contributed by atoms with E-state index >= 15 is 0 Å². The second-order valence-electron chi connectivity index (χ2n) is 5.39. The van der Waals surface area contributed by atoms with E-state index in [1.165, 1.54) is 6.07 Å². The molecule has 3 rings (SSSR count). The third kappa shape index (κ3) is 2.65. The molecule has 24 heavy (non-hydrogen) atoms. The largest absolute Gasteiger partial charge is 0.450 e. The summed E-state index contributed by atoms with van der Waals surface area (Å²) in [7, 11) is 0. The number of hydrogen-bond acceptors (Lipinski definition) is 4. The van der Waals surface area contributed by atoms with E-state index in [1.54, 1.807) is 6.07 Å². The Labute approximate surface area is 138 Å². The smallest absolute Gasteiger partial charge is 0.427 e. The zero-order valence-electron chi connectivity index (χ0n) is 11.9. The first-order valence-corrected chi connectivity index (χ1v) is 7.26. The van der Waals surface area contributed by atoms with Crippen molar-refractivity contribution in [2.45, 2.75) is 30.8 Å². The molecule has 10 heteroatoms. The molecule has 1 aromatic rings. The van der Waals surface area contributed by atoms with Crippen LogP contribution >= 0.6 is 11.6 Å². The maximum Gasteiger partial charge on any atom is 0.427 e. The highest BCUT2D eigenvalue weighted by molar-refractivity contribution is 6.32. The summed E-state index contributed by atoms with van der Waals surface area (Å²) >= 11 is 5.68. The zero-order chi connectivity index (χ0) is 17.6. The van der Waals surface area contributed by atoms with Crippen molar-refractivity contribution in [1.29, 1.82) is 5.26 Å². The third-order valence-electron chi connectivity index (χ3n) is 3.93. The molecule has 0 amide bonds. The Hall–Kier alpha value is -2.05. The fraction of sp³-hybridized carbons (Fsp3) is 0.429. The van der Waals surface area contributed by atoms with Gasteiger partial charge in [0.25, 0.3) is 6.02 Å².